The van der Waals surface area contributed by atoms with E-state index < -0.39 is 0 Å². The molecule has 2 atom stereocenters. The summed E-state index contributed by atoms with van der Waals surface area (Å²) in [5.74, 6) is 1.14. The van der Waals surface area contributed by atoms with Gasteiger partial charge < -0.3 is 10.2 Å². The van der Waals surface area contributed by atoms with Gasteiger partial charge in [0.05, 0.1) is 0 Å². The minimum absolute atomic E-state index is 0.576. The molecule has 1 aliphatic heterocycles. The lowest BCUT2D eigenvalue weighted by Gasteiger charge is -2.40. The molecule has 2 heterocycles. The third kappa shape index (κ3) is 2.46. The molecule has 1 fully saturated rings. The molecule has 0 amide bonds. The smallest absolute Gasteiger partial charge is 0.151 e. The molecule has 96 valence electrons. The molecule has 0 aromatic carbocycles. The number of hydrogen-bond donors (Lipinski definition) is 1. The van der Waals surface area contributed by atoms with Crippen molar-refractivity contribution >= 4 is 5.82 Å². The Balaban J connectivity index is 2.19. The molecule has 4 heteroatoms. The highest BCUT2D eigenvalue weighted by Crippen LogP contribution is 2.21. The van der Waals surface area contributed by atoms with Gasteiger partial charge in [-0.2, -0.15) is 5.10 Å². The Morgan fingerprint density at radius 3 is 2.71 bits per heavy atom. The number of piperazine rings is 1. The van der Waals surface area contributed by atoms with E-state index in [0.29, 0.717) is 12.1 Å². The topological polar surface area (TPSA) is 33.1 Å². The van der Waals surface area contributed by atoms with Gasteiger partial charge in [0, 0.05) is 44.0 Å². The van der Waals surface area contributed by atoms with Gasteiger partial charge in [0.2, 0.25) is 0 Å². The van der Waals surface area contributed by atoms with Crippen LogP contribution in [0.15, 0.2) is 6.07 Å². The highest BCUT2D eigenvalue weighted by Gasteiger charge is 2.27. The molecule has 2 unspecified atom stereocenters. The fraction of sp³-hybridized carbons (Fsp3) is 0.769. The molecule has 1 aromatic heterocycles. The first kappa shape index (κ1) is 12.4. The first-order valence-electron chi connectivity index (χ1n) is 6.66. The zero-order chi connectivity index (χ0) is 12.4. The monoisotopic (exact) mass is 236 g/mol. The van der Waals surface area contributed by atoms with Crippen LogP contribution < -0.4 is 10.2 Å². The molecule has 1 aliphatic rings. The fourth-order valence-electron chi connectivity index (χ4n) is 2.46. The standard InChI is InChI=1S/C13H24N4/c1-5-11-9-17(12(6-2)8-14-11)13-7-10(3)16(4)15-13/h7,11-12,14H,5-6,8-9H2,1-4H3. The van der Waals surface area contributed by atoms with Crippen molar-refractivity contribution in [3.8, 4) is 0 Å². The maximum absolute atomic E-state index is 4.62. The summed E-state index contributed by atoms with van der Waals surface area (Å²) in [5, 5.41) is 8.23. The zero-order valence-electron chi connectivity index (χ0n) is 11.4. The lowest BCUT2D eigenvalue weighted by molar-refractivity contribution is 0.376. The van der Waals surface area contributed by atoms with Crippen LogP contribution in [-0.4, -0.2) is 35.0 Å². The predicted molar refractivity (Wildman–Crippen MR) is 71.5 cm³/mol. The van der Waals surface area contributed by atoms with Crippen LogP contribution in [0.1, 0.15) is 32.4 Å². The van der Waals surface area contributed by atoms with Crippen molar-refractivity contribution in [1.29, 1.82) is 0 Å². The van der Waals surface area contributed by atoms with Gasteiger partial charge in [-0.3, -0.25) is 4.68 Å². The van der Waals surface area contributed by atoms with E-state index >= 15 is 0 Å². The molecule has 1 aromatic rings. The molecule has 0 saturated carbocycles. The van der Waals surface area contributed by atoms with Crippen molar-refractivity contribution < 1.29 is 0 Å². The van der Waals surface area contributed by atoms with Crippen LogP contribution in [0.5, 0.6) is 0 Å². The van der Waals surface area contributed by atoms with Crippen molar-refractivity contribution in [3.05, 3.63) is 11.8 Å². The maximum Gasteiger partial charge on any atom is 0.151 e. The summed E-state index contributed by atoms with van der Waals surface area (Å²) in [5.41, 5.74) is 1.22. The largest absolute Gasteiger partial charge is 0.349 e. The maximum atomic E-state index is 4.62. The highest BCUT2D eigenvalue weighted by atomic mass is 15.4. The summed E-state index contributed by atoms with van der Waals surface area (Å²) in [6.07, 6.45) is 2.35. The van der Waals surface area contributed by atoms with Gasteiger partial charge in [-0.25, -0.2) is 0 Å². The third-order valence-electron chi connectivity index (χ3n) is 3.86. The Bertz CT molecular complexity index is 352. The molecule has 0 spiro atoms. The van der Waals surface area contributed by atoms with E-state index in [1.54, 1.807) is 0 Å². The predicted octanol–water partition coefficient (Wildman–Crippen LogP) is 1.70. The molecule has 17 heavy (non-hydrogen) atoms. The molecular weight excluding hydrogens is 212 g/mol. The summed E-state index contributed by atoms with van der Waals surface area (Å²) in [4.78, 5) is 2.47. The Labute approximate surface area is 104 Å². The van der Waals surface area contributed by atoms with Crippen LogP contribution in [-0.2, 0) is 7.05 Å². The van der Waals surface area contributed by atoms with Crippen molar-refractivity contribution in [2.45, 2.75) is 45.7 Å². The van der Waals surface area contributed by atoms with E-state index in [4.69, 9.17) is 0 Å². The van der Waals surface area contributed by atoms with E-state index in [1.807, 2.05) is 11.7 Å². The Morgan fingerprint density at radius 1 is 1.41 bits per heavy atom. The van der Waals surface area contributed by atoms with E-state index in [9.17, 15) is 0 Å². The van der Waals surface area contributed by atoms with Crippen LogP contribution >= 0.6 is 0 Å². The van der Waals surface area contributed by atoms with Gasteiger partial charge >= 0.3 is 0 Å². The first-order chi connectivity index (χ1) is 8.15. The first-order valence-corrected chi connectivity index (χ1v) is 6.66. The second kappa shape index (κ2) is 5.08. The van der Waals surface area contributed by atoms with E-state index in [0.717, 1.165) is 18.9 Å². The summed E-state index contributed by atoms with van der Waals surface area (Å²) >= 11 is 0. The average molecular weight is 236 g/mol. The molecule has 4 nitrogen and oxygen atoms in total. The van der Waals surface area contributed by atoms with Crippen LogP contribution in [0.25, 0.3) is 0 Å². The molecular formula is C13H24N4. The summed E-state index contributed by atoms with van der Waals surface area (Å²) in [6, 6.07) is 3.37. The second-order valence-corrected chi connectivity index (χ2v) is 5.00. The number of anilines is 1. The van der Waals surface area contributed by atoms with Crippen molar-refractivity contribution in [1.82, 2.24) is 15.1 Å². The molecule has 1 N–H and O–H groups in total. The van der Waals surface area contributed by atoms with Crippen LogP contribution in [0, 0.1) is 6.92 Å². The van der Waals surface area contributed by atoms with E-state index in [1.165, 1.54) is 18.5 Å². The van der Waals surface area contributed by atoms with Crippen molar-refractivity contribution in [2.24, 2.45) is 7.05 Å². The van der Waals surface area contributed by atoms with E-state index in [-0.39, 0.29) is 0 Å². The second-order valence-electron chi connectivity index (χ2n) is 5.00. The number of aromatic nitrogens is 2. The minimum Gasteiger partial charge on any atom is -0.349 e. The van der Waals surface area contributed by atoms with Gasteiger partial charge in [0.1, 0.15) is 0 Å². The lowest BCUT2D eigenvalue weighted by Crippen LogP contribution is -2.56. The Hall–Kier alpha value is -1.03. The molecule has 0 radical (unpaired) electrons. The van der Waals surface area contributed by atoms with Gasteiger partial charge in [0.25, 0.3) is 0 Å². The van der Waals surface area contributed by atoms with Crippen molar-refractivity contribution in [2.75, 3.05) is 18.0 Å². The number of nitrogens with one attached hydrogen (secondary N) is 1. The quantitative estimate of drug-likeness (QED) is 0.867. The van der Waals surface area contributed by atoms with Gasteiger partial charge in [-0.15, -0.1) is 0 Å². The minimum atomic E-state index is 0.576. The normalized spacial score (nSPS) is 25.3. The molecule has 2 rings (SSSR count). The molecule has 0 aliphatic carbocycles. The van der Waals surface area contributed by atoms with Gasteiger partial charge in [0.15, 0.2) is 5.82 Å². The summed E-state index contributed by atoms with van der Waals surface area (Å²) in [7, 11) is 2.01. The average Bonchev–Trinajstić information content (AvgIpc) is 2.68. The van der Waals surface area contributed by atoms with Gasteiger partial charge in [-0.05, 0) is 19.8 Å². The van der Waals surface area contributed by atoms with Crippen molar-refractivity contribution in [3.63, 3.8) is 0 Å². The molecule has 1 saturated heterocycles. The number of hydrogen-bond acceptors (Lipinski definition) is 3. The third-order valence-corrected chi connectivity index (χ3v) is 3.86. The fourth-order valence-corrected chi connectivity index (χ4v) is 2.46. The molecule has 0 bridgehead atoms. The highest BCUT2D eigenvalue weighted by molar-refractivity contribution is 5.42. The lowest BCUT2D eigenvalue weighted by atomic mass is 10.1. The summed E-state index contributed by atoms with van der Waals surface area (Å²) < 4.78 is 1.96. The van der Waals surface area contributed by atoms with Gasteiger partial charge in [-0.1, -0.05) is 13.8 Å². The SMILES string of the molecule is CCC1CN(c2cc(C)n(C)n2)C(CC)CN1. The van der Waals surface area contributed by atoms with Crippen LogP contribution in [0.2, 0.25) is 0 Å². The summed E-state index contributed by atoms with van der Waals surface area (Å²) in [6.45, 7) is 8.75. The number of nitrogens with zero attached hydrogens (tertiary/aromatic N) is 3. The number of rotatable bonds is 3. The Morgan fingerprint density at radius 2 is 2.18 bits per heavy atom. The zero-order valence-corrected chi connectivity index (χ0v) is 11.4. The Kier molecular flexibility index (Phi) is 3.72. The van der Waals surface area contributed by atoms with E-state index in [2.05, 4.69) is 42.2 Å². The van der Waals surface area contributed by atoms with Crippen LogP contribution in [0.3, 0.4) is 0 Å². The number of aryl methyl sites for hydroxylation is 2. The van der Waals surface area contributed by atoms with Crippen LogP contribution in [0.4, 0.5) is 5.82 Å².